The molecule has 2 aromatic carbocycles. The van der Waals surface area contributed by atoms with Gasteiger partial charge in [-0.3, -0.25) is 4.79 Å². The molecule has 24 heavy (non-hydrogen) atoms. The summed E-state index contributed by atoms with van der Waals surface area (Å²) in [5, 5.41) is 8.90. The van der Waals surface area contributed by atoms with Crippen LogP contribution in [0, 0.1) is 0 Å². The minimum Gasteiger partial charge on any atom is -0.496 e. The van der Waals surface area contributed by atoms with Gasteiger partial charge in [0.05, 0.1) is 7.11 Å². The minimum absolute atomic E-state index is 0.161. The van der Waals surface area contributed by atoms with Crippen LogP contribution in [0.2, 0.25) is 0 Å². The Bertz CT molecular complexity index is 802. The van der Waals surface area contributed by atoms with Crippen LogP contribution in [0.4, 0.5) is 0 Å². The van der Waals surface area contributed by atoms with Gasteiger partial charge >= 0.3 is 5.97 Å². The summed E-state index contributed by atoms with van der Waals surface area (Å²) in [4.78, 5) is 23.2. The van der Waals surface area contributed by atoms with E-state index in [9.17, 15) is 9.59 Å². The zero-order valence-electron chi connectivity index (χ0n) is 13.5. The first-order chi connectivity index (χ1) is 11.5. The van der Waals surface area contributed by atoms with Crippen molar-refractivity contribution in [2.75, 3.05) is 7.11 Å². The molecule has 0 radical (unpaired) electrons. The van der Waals surface area contributed by atoms with E-state index in [1.807, 2.05) is 30.3 Å². The number of carbonyl (C=O) groups is 2. The van der Waals surface area contributed by atoms with Crippen LogP contribution in [0.3, 0.4) is 0 Å². The summed E-state index contributed by atoms with van der Waals surface area (Å²) in [6.07, 6.45) is 4.33. The third-order valence-corrected chi connectivity index (χ3v) is 3.48. The van der Waals surface area contributed by atoms with Gasteiger partial charge in [0.1, 0.15) is 5.75 Å². The number of allylic oxidation sites excluding steroid dienone is 2. The summed E-state index contributed by atoms with van der Waals surface area (Å²) in [6.45, 7) is 1.67. The van der Waals surface area contributed by atoms with Crippen molar-refractivity contribution in [1.82, 2.24) is 0 Å². The molecule has 0 saturated heterocycles. The molecule has 4 nitrogen and oxygen atoms in total. The summed E-state index contributed by atoms with van der Waals surface area (Å²) < 4.78 is 5.25. The summed E-state index contributed by atoms with van der Waals surface area (Å²) in [6, 6.07) is 14.5. The van der Waals surface area contributed by atoms with Crippen LogP contribution in [0.5, 0.6) is 5.75 Å². The van der Waals surface area contributed by atoms with Crippen molar-refractivity contribution in [1.29, 1.82) is 0 Å². The van der Waals surface area contributed by atoms with Crippen molar-refractivity contribution >= 4 is 23.4 Å². The van der Waals surface area contributed by atoms with E-state index in [1.54, 1.807) is 31.2 Å². The fourth-order valence-corrected chi connectivity index (χ4v) is 2.26. The highest BCUT2D eigenvalue weighted by Gasteiger charge is 2.10. The lowest BCUT2D eigenvalue weighted by molar-refractivity contribution is -0.131. The van der Waals surface area contributed by atoms with Gasteiger partial charge in [-0.15, -0.1) is 0 Å². The highest BCUT2D eigenvalue weighted by Crippen LogP contribution is 2.27. The number of carbonyl (C=O) groups excluding carboxylic acids is 1. The lowest BCUT2D eigenvalue weighted by atomic mass is 10.00. The maximum atomic E-state index is 12.4. The zero-order chi connectivity index (χ0) is 17.5. The molecule has 0 fully saturated rings. The number of benzene rings is 2. The quantitative estimate of drug-likeness (QED) is 0.643. The lowest BCUT2D eigenvalue weighted by Crippen LogP contribution is -1.99. The van der Waals surface area contributed by atoms with Crippen LogP contribution in [0.25, 0.3) is 11.6 Å². The molecule has 0 bridgehead atoms. The maximum Gasteiger partial charge on any atom is 0.328 e. The largest absolute Gasteiger partial charge is 0.496 e. The number of hydrogen-bond donors (Lipinski definition) is 1. The van der Waals surface area contributed by atoms with Gasteiger partial charge in [0.2, 0.25) is 0 Å². The van der Waals surface area contributed by atoms with Gasteiger partial charge < -0.3 is 9.84 Å². The number of ketones is 1. The van der Waals surface area contributed by atoms with E-state index in [2.05, 4.69) is 0 Å². The first-order valence-electron chi connectivity index (χ1n) is 7.38. The zero-order valence-corrected chi connectivity index (χ0v) is 13.5. The third-order valence-electron chi connectivity index (χ3n) is 3.48. The van der Waals surface area contributed by atoms with Crippen LogP contribution >= 0.6 is 0 Å². The molecule has 2 aromatic rings. The standard InChI is InChI=1S/C20H18O4/c1-14(12-20(22)23)17-13-16(9-11-19(17)24-2)18(21)10-8-15-6-4-3-5-7-15/h3-13H,1-2H3,(H,22,23)/b10-8+,14-12+. The Morgan fingerprint density at radius 2 is 1.79 bits per heavy atom. The van der Waals surface area contributed by atoms with Crippen molar-refractivity contribution < 1.29 is 19.4 Å². The lowest BCUT2D eigenvalue weighted by Gasteiger charge is -2.10. The van der Waals surface area contributed by atoms with E-state index in [4.69, 9.17) is 9.84 Å². The smallest absolute Gasteiger partial charge is 0.328 e. The SMILES string of the molecule is COc1ccc(C(=O)/C=C/c2ccccc2)cc1/C(C)=C/C(=O)O. The molecule has 0 saturated carbocycles. The second-order valence-corrected chi connectivity index (χ2v) is 5.19. The van der Waals surface area contributed by atoms with E-state index in [-0.39, 0.29) is 5.78 Å². The van der Waals surface area contributed by atoms with Gasteiger partial charge in [-0.1, -0.05) is 36.4 Å². The second kappa shape index (κ2) is 7.92. The highest BCUT2D eigenvalue weighted by molar-refractivity contribution is 6.07. The number of carboxylic acid groups (broad SMARTS) is 1. The van der Waals surface area contributed by atoms with E-state index in [0.29, 0.717) is 22.4 Å². The molecule has 4 heteroatoms. The molecule has 0 unspecified atom stereocenters. The fraction of sp³-hybridized carbons (Fsp3) is 0.100. The Labute approximate surface area is 140 Å². The maximum absolute atomic E-state index is 12.4. The third kappa shape index (κ3) is 4.43. The number of hydrogen-bond acceptors (Lipinski definition) is 3. The molecule has 0 amide bonds. The van der Waals surface area contributed by atoms with Crippen molar-refractivity contribution in [3.8, 4) is 5.75 Å². The summed E-state index contributed by atoms with van der Waals surface area (Å²) in [5.74, 6) is -0.685. The topological polar surface area (TPSA) is 63.6 Å². The van der Waals surface area contributed by atoms with Crippen LogP contribution in [0.1, 0.15) is 28.4 Å². The van der Waals surface area contributed by atoms with E-state index >= 15 is 0 Å². The van der Waals surface area contributed by atoms with E-state index in [1.165, 1.54) is 13.2 Å². The molecule has 0 aliphatic heterocycles. The van der Waals surface area contributed by atoms with Crippen molar-refractivity contribution in [2.45, 2.75) is 6.92 Å². The van der Waals surface area contributed by atoms with Crippen molar-refractivity contribution in [3.05, 3.63) is 77.4 Å². The van der Waals surface area contributed by atoms with Gasteiger partial charge in [0, 0.05) is 17.2 Å². The average molecular weight is 322 g/mol. The molecular formula is C20H18O4. The number of ether oxygens (including phenoxy) is 1. The van der Waals surface area contributed by atoms with E-state index in [0.717, 1.165) is 11.6 Å². The molecule has 0 aliphatic carbocycles. The molecule has 0 heterocycles. The molecule has 0 aromatic heterocycles. The Kier molecular flexibility index (Phi) is 5.68. The molecule has 122 valence electrons. The number of carboxylic acids is 1. The van der Waals surface area contributed by atoms with Gasteiger partial charge in [-0.05, 0) is 42.3 Å². The van der Waals surface area contributed by atoms with E-state index < -0.39 is 5.97 Å². The van der Waals surface area contributed by atoms with Crippen molar-refractivity contribution in [3.63, 3.8) is 0 Å². The number of rotatable bonds is 6. The first-order valence-corrected chi connectivity index (χ1v) is 7.38. The summed E-state index contributed by atoms with van der Waals surface area (Å²) in [5.41, 5.74) is 2.50. The summed E-state index contributed by atoms with van der Waals surface area (Å²) >= 11 is 0. The van der Waals surface area contributed by atoms with Gasteiger partial charge in [0.25, 0.3) is 0 Å². The van der Waals surface area contributed by atoms with Gasteiger partial charge in [0.15, 0.2) is 5.78 Å². The Morgan fingerprint density at radius 3 is 2.42 bits per heavy atom. The van der Waals surface area contributed by atoms with Gasteiger partial charge in [-0.25, -0.2) is 4.79 Å². The van der Waals surface area contributed by atoms with Crippen LogP contribution in [-0.2, 0) is 4.79 Å². The normalized spacial score (nSPS) is 11.5. The predicted octanol–water partition coefficient (Wildman–Crippen LogP) is 4.08. The first kappa shape index (κ1) is 17.2. The predicted molar refractivity (Wildman–Crippen MR) is 94.1 cm³/mol. The van der Waals surface area contributed by atoms with Crippen molar-refractivity contribution in [2.24, 2.45) is 0 Å². The molecule has 0 aliphatic rings. The molecule has 1 N–H and O–H groups in total. The molecule has 0 spiro atoms. The molecular weight excluding hydrogens is 304 g/mol. The fourth-order valence-electron chi connectivity index (χ4n) is 2.26. The highest BCUT2D eigenvalue weighted by atomic mass is 16.5. The Morgan fingerprint density at radius 1 is 1.08 bits per heavy atom. The monoisotopic (exact) mass is 322 g/mol. The van der Waals surface area contributed by atoms with Gasteiger partial charge in [-0.2, -0.15) is 0 Å². The van der Waals surface area contributed by atoms with Crippen LogP contribution in [-0.4, -0.2) is 24.0 Å². The Balaban J connectivity index is 2.32. The summed E-state index contributed by atoms with van der Waals surface area (Å²) in [7, 11) is 1.50. The number of aliphatic carboxylic acids is 1. The van der Waals surface area contributed by atoms with Crippen LogP contribution in [0.15, 0.2) is 60.7 Å². The molecule has 0 atom stereocenters. The average Bonchev–Trinajstić information content (AvgIpc) is 2.59. The minimum atomic E-state index is -1.05. The van der Waals surface area contributed by atoms with Crippen LogP contribution < -0.4 is 4.74 Å². The molecule has 2 rings (SSSR count). The number of methoxy groups -OCH3 is 1. The Hall–Kier alpha value is -3.14. The second-order valence-electron chi connectivity index (χ2n) is 5.19.